The molecule has 0 spiro atoms. The van der Waals surface area contributed by atoms with Crippen LogP contribution in [0.15, 0.2) is 48.5 Å². The Kier molecular flexibility index (Phi) is 7.84. The van der Waals surface area contributed by atoms with E-state index in [1.807, 2.05) is 0 Å². The zero-order valence-corrected chi connectivity index (χ0v) is 20.7. The topological polar surface area (TPSA) is 86.7 Å². The van der Waals surface area contributed by atoms with Crippen LogP contribution in [0, 0.1) is 16.7 Å². The van der Waals surface area contributed by atoms with Gasteiger partial charge in [-0.15, -0.1) is 0 Å². The molecule has 0 N–H and O–H groups in total. The van der Waals surface area contributed by atoms with Gasteiger partial charge in [-0.3, -0.25) is 19.2 Å². The van der Waals surface area contributed by atoms with Crippen LogP contribution in [0.2, 0.25) is 10.0 Å². The van der Waals surface area contributed by atoms with E-state index in [2.05, 4.69) is 0 Å². The molecular weight excluding hydrogens is 479 g/mol. The summed E-state index contributed by atoms with van der Waals surface area (Å²) in [6.45, 7) is 4.53. The lowest BCUT2D eigenvalue weighted by Gasteiger charge is -2.38. The highest BCUT2D eigenvalue weighted by Crippen LogP contribution is 2.56. The van der Waals surface area contributed by atoms with Crippen LogP contribution in [0.4, 0.5) is 0 Å². The number of halogens is 2. The average molecular weight is 505 g/mol. The number of rotatable bonds is 8. The number of ketones is 2. The number of Topliss-reactive ketones (excluding diaryl/α,β-unsaturated/α-hetero) is 2. The third kappa shape index (κ3) is 5.34. The summed E-state index contributed by atoms with van der Waals surface area (Å²) >= 11 is 11.7. The van der Waals surface area contributed by atoms with E-state index in [4.69, 9.17) is 32.7 Å². The summed E-state index contributed by atoms with van der Waals surface area (Å²) in [5.41, 5.74) is -1.04. The molecule has 1 aliphatic carbocycles. The van der Waals surface area contributed by atoms with Gasteiger partial charge >= 0.3 is 11.9 Å². The molecule has 3 rings (SSSR count). The SMILES string of the molecule is CC1(C)[C@H](C(=O)OCC(=O)c2ccc(Cl)cc2)CC[C@@]1(C)C(=O)OCC(=O)c1ccc(Cl)cc1. The Labute approximate surface area is 208 Å². The smallest absolute Gasteiger partial charge is 0.312 e. The van der Waals surface area contributed by atoms with Crippen molar-refractivity contribution < 1.29 is 28.7 Å². The second-order valence-electron chi connectivity index (χ2n) is 9.19. The number of ether oxygens (including phenoxy) is 2. The summed E-state index contributed by atoms with van der Waals surface area (Å²) in [6, 6.07) is 12.6. The van der Waals surface area contributed by atoms with Gasteiger partial charge in [-0.25, -0.2) is 0 Å². The van der Waals surface area contributed by atoms with Gasteiger partial charge in [-0.05, 0) is 73.7 Å². The number of hydrogen-bond acceptors (Lipinski definition) is 6. The Hall–Kier alpha value is -2.70. The number of hydrogen-bond donors (Lipinski definition) is 0. The largest absolute Gasteiger partial charge is 0.457 e. The van der Waals surface area contributed by atoms with Crippen molar-refractivity contribution in [3.05, 3.63) is 69.7 Å². The molecule has 0 radical (unpaired) electrons. The predicted molar refractivity (Wildman–Crippen MR) is 128 cm³/mol. The Morgan fingerprint density at radius 2 is 1.24 bits per heavy atom. The average Bonchev–Trinajstić information content (AvgIpc) is 3.06. The summed E-state index contributed by atoms with van der Waals surface area (Å²) in [5, 5.41) is 1.00. The highest BCUT2D eigenvalue weighted by molar-refractivity contribution is 6.31. The molecule has 0 saturated heterocycles. The molecule has 6 nitrogen and oxygen atoms in total. The molecule has 0 unspecified atom stereocenters. The van der Waals surface area contributed by atoms with Crippen LogP contribution in [0.5, 0.6) is 0 Å². The molecule has 2 aromatic carbocycles. The van der Waals surface area contributed by atoms with Crippen molar-refractivity contribution in [3.8, 4) is 0 Å². The van der Waals surface area contributed by atoms with Crippen molar-refractivity contribution in [1.82, 2.24) is 0 Å². The van der Waals surface area contributed by atoms with Crippen molar-refractivity contribution in [2.24, 2.45) is 16.7 Å². The third-order valence-electron chi connectivity index (χ3n) is 6.97. The molecule has 2 aromatic rings. The van der Waals surface area contributed by atoms with Gasteiger partial charge in [0.15, 0.2) is 24.8 Å². The Morgan fingerprint density at radius 1 is 0.794 bits per heavy atom. The van der Waals surface area contributed by atoms with Crippen LogP contribution >= 0.6 is 23.2 Å². The van der Waals surface area contributed by atoms with Crippen molar-refractivity contribution in [1.29, 1.82) is 0 Å². The number of carbonyl (C=O) groups excluding carboxylic acids is 4. The highest BCUT2D eigenvalue weighted by Gasteiger charge is 2.59. The monoisotopic (exact) mass is 504 g/mol. The fraction of sp³-hybridized carbons (Fsp3) is 0.385. The molecule has 1 aliphatic rings. The van der Waals surface area contributed by atoms with E-state index in [0.29, 0.717) is 34.0 Å². The highest BCUT2D eigenvalue weighted by atomic mass is 35.5. The van der Waals surface area contributed by atoms with E-state index in [9.17, 15) is 19.2 Å². The number of benzene rings is 2. The Morgan fingerprint density at radius 3 is 1.71 bits per heavy atom. The van der Waals surface area contributed by atoms with E-state index >= 15 is 0 Å². The molecule has 180 valence electrons. The van der Waals surface area contributed by atoms with E-state index in [0.717, 1.165) is 0 Å². The Balaban J connectivity index is 1.59. The molecule has 1 saturated carbocycles. The van der Waals surface area contributed by atoms with E-state index in [-0.39, 0.29) is 11.6 Å². The van der Waals surface area contributed by atoms with Gasteiger partial charge in [-0.1, -0.05) is 37.0 Å². The molecule has 2 atom stereocenters. The summed E-state index contributed by atoms with van der Waals surface area (Å²) in [4.78, 5) is 50.5. The molecular formula is C26H26Cl2O6. The summed E-state index contributed by atoms with van der Waals surface area (Å²) in [7, 11) is 0. The lowest BCUT2D eigenvalue weighted by Crippen LogP contribution is -2.44. The third-order valence-corrected chi connectivity index (χ3v) is 7.48. The molecule has 1 fully saturated rings. The molecule has 0 heterocycles. The first-order valence-corrected chi connectivity index (χ1v) is 11.6. The maximum absolute atomic E-state index is 13.0. The minimum atomic E-state index is -1.00. The first-order valence-electron chi connectivity index (χ1n) is 10.9. The minimum absolute atomic E-state index is 0.344. The normalized spacial score (nSPS) is 21.0. The van der Waals surface area contributed by atoms with Gasteiger partial charge in [-0.2, -0.15) is 0 Å². The van der Waals surface area contributed by atoms with Gasteiger partial charge in [0.25, 0.3) is 0 Å². The van der Waals surface area contributed by atoms with Gasteiger partial charge in [0.2, 0.25) is 0 Å². The van der Waals surface area contributed by atoms with Gasteiger partial charge in [0, 0.05) is 21.2 Å². The van der Waals surface area contributed by atoms with Gasteiger partial charge in [0.05, 0.1) is 11.3 Å². The fourth-order valence-electron chi connectivity index (χ4n) is 4.24. The van der Waals surface area contributed by atoms with Gasteiger partial charge in [0.1, 0.15) is 0 Å². The molecule has 0 aliphatic heterocycles. The second kappa shape index (κ2) is 10.3. The standard InChI is InChI=1S/C26H26Cl2O6/c1-25(2)20(23(31)33-14-21(29)16-4-8-18(27)9-5-16)12-13-26(25,3)24(32)34-15-22(30)17-6-10-19(28)11-7-17/h4-11,20H,12-15H2,1-3H3/t20-,26-/m0/s1. The second-order valence-corrected chi connectivity index (χ2v) is 10.1. The van der Waals surface area contributed by atoms with E-state index < -0.39 is 41.9 Å². The summed E-state index contributed by atoms with van der Waals surface area (Å²) in [5.74, 6) is -2.38. The molecule has 0 bridgehead atoms. The molecule has 8 heteroatoms. The maximum Gasteiger partial charge on any atom is 0.312 e. The maximum atomic E-state index is 13.0. The summed E-state index contributed by atoms with van der Waals surface area (Å²) < 4.78 is 10.7. The first kappa shape index (κ1) is 25.9. The first-order chi connectivity index (χ1) is 16.0. The predicted octanol–water partition coefficient (Wildman–Crippen LogP) is 5.59. The molecule has 34 heavy (non-hydrogen) atoms. The minimum Gasteiger partial charge on any atom is -0.457 e. The van der Waals surface area contributed by atoms with Crippen LogP contribution in [0.3, 0.4) is 0 Å². The van der Waals surface area contributed by atoms with Crippen molar-refractivity contribution in [2.75, 3.05) is 13.2 Å². The van der Waals surface area contributed by atoms with Gasteiger partial charge < -0.3 is 9.47 Å². The van der Waals surface area contributed by atoms with Crippen molar-refractivity contribution >= 4 is 46.7 Å². The Bertz CT molecular complexity index is 1090. The molecule has 0 aromatic heterocycles. The zero-order valence-electron chi connectivity index (χ0n) is 19.2. The fourth-order valence-corrected chi connectivity index (χ4v) is 4.50. The van der Waals surface area contributed by atoms with Crippen LogP contribution in [-0.2, 0) is 19.1 Å². The van der Waals surface area contributed by atoms with Crippen LogP contribution in [-0.4, -0.2) is 36.7 Å². The van der Waals surface area contributed by atoms with Crippen LogP contribution in [0.25, 0.3) is 0 Å². The lowest BCUT2D eigenvalue weighted by atomic mass is 9.65. The zero-order chi connectivity index (χ0) is 25.1. The molecule has 0 amide bonds. The lowest BCUT2D eigenvalue weighted by molar-refractivity contribution is -0.164. The van der Waals surface area contributed by atoms with Crippen molar-refractivity contribution in [2.45, 2.75) is 33.6 Å². The van der Waals surface area contributed by atoms with E-state index in [1.54, 1.807) is 69.3 Å². The number of carbonyl (C=O) groups is 4. The van der Waals surface area contributed by atoms with Crippen molar-refractivity contribution in [3.63, 3.8) is 0 Å². The van der Waals surface area contributed by atoms with E-state index in [1.165, 1.54) is 0 Å². The summed E-state index contributed by atoms with van der Waals surface area (Å²) in [6.07, 6.45) is 0.788. The quantitative estimate of drug-likeness (QED) is 0.344. The van der Waals surface area contributed by atoms with Crippen LogP contribution < -0.4 is 0 Å². The van der Waals surface area contributed by atoms with Crippen LogP contribution in [0.1, 0.15) is 54.3 Å². The number of esters is 2.